The van der Waals surface area contributed by atoms with Crippen molar-refractivity contribution in [1.82, 2.24) is 4.90 Å². The van der Waals surface area contributed by atoms with Crippen LogP contribution in [0.5, 0.6) is 0 Å². The van der Waals surface area contributed by atoms with Gasteiger partial charge in [-0.2, -0.15) is 0 Å². The topological polar surface area (TPSA) is 130 Å². The van der Waals surface area contributed by atoms with Crippen LogP contribution in [0.1, 0.15) is 17.3 Å². The van der Waals surface area contributed by atoms with E-state index >= 15 is 0 Å². The van der Waals surface area contributed by atoms with Crippen molar-refractivity contribution in [3.05, 3.63) is 29.8 Å². The second-order valence-corrected chi connectivity index (χ2v) is 4.28. The number of aliphatic carboxylic acids is 1. The predicted molar refractivity (Wildman–Crippen MR) is 73.9 cm³/mol. The first-order chi connectivity index (χ1) is 9.79. The first kappa shape index (κ1) is 16.2. The fourth-order valence-electron chi connectivity index (χ4n) is 1.54. The monoisotopic (exact) mass is 293 g/mol. The fourth-order valence-corrected chi connectivity index (χ4v) is 1.54. The molecule has 0 aliphatic heterocycles. The van der Waals surface area contributed by atoms with Crippen LogP contribution in [0, 0.1) is 0 Å². The van der Waals surface area contributed by atoms with Gasteiger partial charge in [0, 0.05) is 11.3 Å². The molecule has 1 aromatic rings. The highest BCUT2D eigenvalue weighted by Gasteiger charge is 2.18. The van der Waals surface area contributed by atoms with E-state index in [4.69, 9.17) is 10.8 Å². The molecule has 0 saturated heterocycles. The van der Waals surface area contributed by atoms with Crippen LogP contribution in [0.4, 0.5) is 10.5 Å². The SMILES string of the molecule is CC(=O)c1ccc(NC(=O)N(CC(N)=O)CC(=O)O)cc1. The number of benzene rings is 1. The summed E-state index contributed by atoms with van der Waals surface area (Å²) in [6.45, 7) is 0.249. The van der Waals surface area contributed by atoms with Gasteiger partial charge in [0.15, 0.2) is 5.78 Å². The molecule has 1 rings (SSSR count). The summed E-state index contributed by atoms with van der Waals surface area (Å²) in [6.07, 6.45) is 0. The third kappa shape index (κ3) is 5.31. The van der Waals surface area contributed by atoms with Crippen LogP contribution in [0.25, 0.3) is 0 Å². The standard InChI is InChI=1S/C13H15N3O5/c1-8(17)9-2-4-10(5-3-9)15-13(21)16(6-11(14)18)7-12(19)20/h2-5H,6-7H2,1H3,(H2,14,18)(H,15,21)(H,19,20). The minimum Gasteiger partial charge on any atom is -0.480 e. The quantitative estimate of drug-likeness (QED) is 0.649. The summed E-state index contributed by atoms with van der Waals surface area (Å²) in [4.78, 5) is 45.3. The summed E-state index contributed by atoms with van der Waals surface area (Å²) in [7, 11) is 0. The maximum atomic E-state index is 11.9. The molecule has 0 spiro atoms. The van der Waals surface area contributed by atoms with E-state index in [2.05, 4.69) is 5.32 Å². The van der Waals surface area contributed by atoms with E-state index in [0.29, 0.717) is 11.3 Å². The van der Waals surface area contributed by atoms with Crippen molar-refractivity contribution in [2.75, 3.05) is 18.4 Å². The first-order valence-corrected chi connectivity index (χ1v) is 5.96. The van der Waals surface area contributed by atoms with E-state index in [9.17, 15) is 19.2 Å². The number of carbonyl (C=O) groups is 4. The van der Waals surface area contributed by atoms with Gasteiger partial charge in [0.05, 0.1) is 0 Å². The predicted octanol–water partition coefficient (Wildman–Crippen LogP) is 0.293. The third-order valence-electron chi connectivity index (χ3n) is 2.50. The number of nitrogens with zero attached hydrogens (tertiary/aromatic N) is 1. The van der Waals surface area contributed by atoms with Gasteiger partial charge in [-0.15, -0.1) is 0 Å². The lowest BCUT2D eigenvalue weighted by molar-refractivity contribution is -0.137. The molecule has 112 valence electrons. The summed E-state index contributed by atoms with van der Waals surface area (Å²) in [6, 6.07) is 5.27. The number of nitrogens with two attached hydrogens (primary N) is 1. The highest BCUT2D eigenvalue weighted by atomic mass is 16.4. The summed E-state index contributed by atoms with van der Waals surface area (Å²) in [5.74, 6) is -2.20. The zero-order valence-corrected chi connectivity index (χ0v) is 11.3. The molecule has 21 heavy (non-hydrogen) atoms. The average Bonchev–Trinajstić information content (AvgIpc) is 2.37. The average molecular weight is 293 g/mol. The molecule has 0 unspecified atom stereocenters. The molecule has 0 aromatic heterocycles. The summed E-state index contributed by atoms with van der Waals surface area (Å²) < 4.78 is 0. The summed E-state index contributed by atoms with van der Waals surface area (Å²) in [5, 5.41) is 11.1. The number of urea groups is 1. The van der Waals surface area contributed by atoms with Crippen LogP contribution in [-0.4, -0.2) is 46.8 Å². The zero-order valence-electron chi connectivity index (χ0n) is 11.3. The van der Waals surface area contributed by atoms with E-state index in [1.165, 1.54) is 31.2 Å². The van der Waals surface area contributed by atoms with Crippen molar-refractivity contribution in [3.63, 3.8) is 0 Å². The molecular formula is C13H15N3O5. The number of hydrogen-bond donors (Lipinski definition) is 3. The van der Waals surface area contributed by atoms with Crippen molar-refractivity contribution in [1.29, 1.82) is 0 Å². The van der Waals surface area contributed by atoms with Gasteiger partial charge in [-0.3, -0.25) is 14.4 Å². The van der Waals surface area contributed by atoms with Gasteiger partial charge < -0.3 is 21.1 Å². The van der Waals surface area contributed by atoms with Crippen LogP contribution in [0.3, 0.4) is 0 Å². The number of ketones is 1. The lowest BCUT2D eigenvalue weighted by Gasteiger charge is -2.19. The largest absolute Gasteiger partial charge is 0.480 e. The Morgan fingerprint density at radius 2 is 1.71 bits per heavy atom. The highest BCUT2D eigenvalue weighted by molar-refractivity contribution is 5.96. The Hall–Kier alpha value is -2.90. The van der Waals surface area contributed by atoms with Crippen LogP contribution in [-0.2, 0) is 9.59 Å². The normalized spacial score (nSPS) is 9.76. The number of Topliss-reactive ketones (excluding diaryl/α,β-unsaturated/α-hetero) is 1. The Balaban J connectivity index is 2.77. The second kappa shape index (κ2) is 7.04. The van der Waals surface area contributed by atoms with Crippen molar-refractivity contribution in [2.45, 2.75) is 6.92 Å². The minimum atomic E-state index is -1.27. The molecule has 0 radical (unpaired) electrons. The van der Waals surface area contributed by atoms with Gasteiger partial charge in [-0.1, -0.05) is 0 Å². The van der Waals surface area contributed by atoms with E-state index in [1.807, 2.05) is 0 Å². The summed E-state index contributed by atoms with van der Waals surface area (Å²) in [5.41, 5.74) is 5.81. The van der Waals surface area contributed by atoms with E-state index < -0.39 is 31.0 Å². The van der Waals surface area contributed by atoms with Gasteiger partial charge in [-0.05, 0) is 31.2 Å². The maximum Gasteiger partial charge on any atom is 0.323 e. The number of carbonyl (C=O) groups excluding carboxylic acids is 3. The van der Waals surface area contributed by atoms with Gasteiger partial charge in [0.1, 0.15) is 13.1 Å². The van der Waals surface area contributed by atoms with Crippen LogP contribution < -0.4 is 11.1 Å². The molecule has 1 aromatic carbocycles. The zero-order chi connectivity index (χ0) is 16.0. The molecule has 0 heterocycles. The molecule has 8 nitrogen and oxygen atoms in total. The second-order valence-electron chi connectivity index (χ2n) is 4.28. The number of primary amides is 1. The van der Waals surface area contributed by atoms with Gasteiger partial charge in [0.25, 0.3) is 0 Å². The third-order valence-corrected chi connectivity index (χ3v) is 2.50. The van der Waals surface area contributed by atoms with E-state index in [1.54, 1.807) is 0 Å². The van der Waals surface area contributed by atoms with Crippen molar-refractivity contribution in [3.8, 4) is 0 Å². The Bertz CT molecular complexity index is 552. The Kier molecular flexibility index (Phi) is 5.41. The van der Waals surface area contributed by atoms with Crippen molar-refractivity contribution in [2.24, 2.45) is 5.73 Å². The maximum absolute atomic E-state index is 11.9. The molecule has 0 aliphatic rings. The van der Waals surface area contributed by atoms with Crippen LogP contribution >= 0.6 is 0 Å². The number of anilines is 1. The molecule has 0 bridgehead atoms. The summed E-state index contributed by atoms with van der Waals surface area (Å²) >= 11 is 0. The lowest BCUT2D eigenvalue weighted by Crippen LogP contribution is -2.43. The van der Waals surface area contributed by atoms with Crippen molar-refractivity contribution >= 4 is 29.4 Å². The van der Waals surface area contributed by atoms with Gasteiger partial charge in [-0.25, -0.2) is 4.79 Å². The van der Waals surface area contributed by atoms with Crippen molar-refractivity contribution < 1.29 is 24.3 Å². The number of nitrogens with one attached hydrogen (secondary N) is 1. The molecule has 0 atom stereocenters. The smallest absolute Gasteiger partial charge is 0.323 e. The minimum absolute atomic E-state index is 0.117. The molecule has 0 fully saturated rings. The molecule has 8 heteroatoms. The Morgan fingerprint density at radius 3 is 2.14 bits per heavy atom. The number of carboxylic acids is 1. The molecule has 0 aliphatic carbocycles. The van der Waals surface area contributed by atoms with Crippen LogP contribution in [0.15, 0.2) is 24.3 Å². The Labute approximate surface area is 120 Å². The van der Waals surface area contributed by atoms with Gasteiger partial charge in [0.2, 0.25) is 5.91 Å². The lowest BCUT2D eigenvalue weighted by atomic mass is 10.1. The number of amides is 3. The first-order valence-electron chi connectivity index (χ1n) is 5.96. The number of carboxylic acid groups (broad SMARTS) is 1. The fraction of sp³-hybridized carbons (Fsp3) is 0.231. The molecular weight excluding hydrogens is 278 g/mol. The molecule has 3 amide bonds. The van der Waals surface area contributed by atoms with Gasteiger partial charge >= 0.3 is 12.0 Å². The van der Waals surface area contributed by atoms with E-state index in [0.717, 1.165) is 4.90 Å². The number of rotatable bonds is 6. The Morgan fingerprint density at radius 1 is 1.14 bits per heavy atom. The molecule has 4 N–H and O–H groups in total. The molecule has 0 saturated carbocycles. The number of hydrogen-bond acceptors (Lipinski definition) is 4. The van der Waals surface area contributed by atoms with Crippen LogP contribution in [0.2, 0.25) is 0 Å². The highest BCUT2D eigenvalue weighted by Crippen LogP contribution is 2.11. The van der Waals surface area contributed by atoms with E-state index in [-0.39, 0.29) is 5.78 Å².